The van der Waals surface area contributed by atoms with Gasteiger partial charge in [0, 0.05) is 66.1 Å². The monoisotopic (exact) mass is 1530 g/mol. The van der Waals surface area contributed by atoms with Crippen LogP contribution >= 0.6 is 0 Å². The fourth-order valence-electron chi connectivity index (χ4n) is 17.8. The summed E-state index contributed by atoms with van der Waals surface area (Å²) in [4.78, 5) is 41.5. The molecule has 4 heterocycles. The molecule has 0 atom stereocenters. The molecule has 0 N–H and O–H groups in total. The highest BCUT2D eigenvalue weighted by Crippen LogP contribution is 2.53. The molecule has 0 aliphatic heterocycles. The molecule has 8 heteroatoms. The smallest absolute Gasteiger partial charge is 0.164 e. The van der Waals surface area contributed by atoms with Gasteiger partial charge in [-0.05, 0) is 178 Å². The molecule has 566 valence electrons. The third kappa shape index (κ3) is 13.4. The van der Waals surface area contributed by atoms with Gasteiger partial charge >= 0.3 is 0 Å². The van der Waals surface area contributed by atoms with E-state index in [-0.39, 0.29) is 10.8 Å². The summed E-state index contributed by atoms with van der Waals surface area (Å²) in [6.07, 6.45) is 0. The van der Waals surface area contributed by atoms with Gasteiger partial charge in [0.15, 0.2) is 34.9 Å². The van der Waals surface area contributed by atoms with Gasteiger partial charge in [-0.15, -0.1) is 0 Å². The fourth-order valence-corrected chi connectivity index (χ4v) is 17.8. The van der Waals surface area contributed by atoms with E-state index in [1.54, 1.807) is 0 Å². The van der Waals surface area contributed by atoms with Crippen LogP contribution in [-0.2, 0) is 10.8 Å². The molecule has 0 spiro atoms. The first kappa shape index (κ1) is 72.3. The van der Waals surface area contributed by atoms with E-state index in [4.69, 9.17) is 39.9 Å². The summed E-state index contributed by atoms with van der Waals surface area (Å²) in [6, 6.07) is 141. The van der Waals surface area contributed by atoms with Gasteiger partial charge in [0.25, 0.3) is 0 Å². The molecule has 0 saturated carbocycles. The molecule has 4 aromatic heterocycles. The Kier molecular flexibility index (Phi) is 18.1. The van der Waals surface area contributed by atoms with Crippen LogP contribution in [0.1, 0.15) is 49.9 Å². The van der Waals surface area contributed by atoms with Crippen molar-refractivity contribution in [1.82, 2.24) is 39.9 Å². The standard InChI is InChI=1S/C57H40N4.C55H38N4/c1-57(2)50-30-13-12-29-46(50)48-34-49-47(42-25-14-23-40(31-42)37-17-6-3-7-18-37)35-52(58-53(49)36-51(48)57)43-26-16-28-45(33-43)56-60-54(39-21-10-5-11-22-39)59-55(61-56)44-27-15-24-41(32-44)38-19-8-4-9-20-38;1-55(2)48-29-12-11-27-44(48)46-32-47-45(43-28-15-21-36-18-9-10-26-42(36)43)33-50(56-51(47)34-49(46)55)39-23-14-25-41(31-39)54-58-52(37-19-7-4-8-20-37)57-53(59-54)40-24-13-22-38(30-40)35-16-5-3-6-17-35/h3-36H,1-2H3;3-34H,1-2H3. The van der Waals surface area contributed by atoms with Gasteiger partial charge in [-0.2, -0.15) is 0 Å². The van der Waals surface area contributed by atoms with Gasteiger partial charge in [-0.1, -0.05) is 361 Å². The molecular weight excluding hydrogens is 1460 g/mol. The Hall–Kier alpha value is -15.4. The number of benzene rings is 16. The molecule has 0 radical (unpaired) electrons. The molecule has 8 nitrogen and oxygen atoms in total. The van der Waals surface area contributed by atoms with E-state index in [0.29, 0.717) is 34.9 Å². The largest absolute Gasteiger partial charge is 0.248 e. The summed E-state index contributed by atoms with van der Waals surface area (Å²) in [6.45, 7) is 9.30. The zero-order chi connectivity index (χ0) is 80.4. The van der Waals surface area contributed by atoms with Crippen molar-refractivity contribution in [2.24, 2.45) is 0 Å². The number of rotatable bonds is 13. The lowest BCUT2D eigenvalue weighted by molar-refractivity contribution is 0.661. The van der Waals surface area contributed by atoms with Gasteiger partial charge < -0.3 is 0 Å². The lowest BCUT2D eigenvalue weighted by Crippen LogP contribution is -2.14. The van der Waals surface area contributed by atoms with Crippen LogP contribution in [0.2, 0.25) is 0 Å². The summed E-state index contributed by atoms with van der Waals surface area (Å²) in [5.74, 6) is 3.70. The maximum atomic E-state index is 5.47. The van der Waals surface area contributed by atoms with E-state index in [9.17, 15) is 0 Å². The van der Waals surface area contributed by atoms with Crippen molar-refractivity contribution in [2.45, 2.75) is 38.5 Å². The molecule has 16 aromatic carbocycles. The van der Waals surface area contributed by atoms with E-state index in [2.05, 4.69) is 355 Å². The molecule has 120 heavy (non-hydrogen) atoms. The van der Waals surface area contributed by atoms with Crippen molar-refractivity contribution in [1.29, 1.82) is 0 Å². The first-order valence-corrected chi connectivity index (χ1v) is 40.9. The topological polar surface area (TPSA) is 103 Å². The predicted molar refractivity (Wildman–Crippen MR) is 494 cm³/mol. The molecule has 0 saturated heterocycles. The first-order valence-electron chi connectivity index (χ1n) is 40.9. The van der Waals surface area contributed by atoms with Crippen LogP contribution in [0.25, 0.3) is 201 Å². The summed E-state index contributed by atoms with van der Waals surface area (Å²) in [5, 5.41) is 4.69. The summed E-state index contributed by atoms with van der Waals surface area (Å²) in [5.41, 5.74) is 32.8. The average molecular weight is 1540 g/mol. The second kappa shape index (κ2) is 30.0. The Morgan fingerprint density at radius 1 is 0.158 bits per heavy atom. The third-order valence-electron chi connectivity index (χ3n) is 24.0. The number of fused-ring (bicyclic) bond motifs is 9. The summed E-state index contributed by atoms with van der Waals surface area (Å²) < 4.78 is 0. The summed E-state index contributed by atoms with van der Waals surface area (Å²) in [7, 11) is 0. The van der Waals surface area contributed by atoms with Crippen LogP contribution in [0.3, 0.4) is 0 Å². The van der Waals surface area contributed by atoms with Gasteiger partial charge in [-0.25, -0.2) is 39.9 Å². The van der Waals surface area contributed by atoms with Crippen molar-refractivity contribution in [3.63, 3.8) is 0 Å². The van der Waals surface area contributed by atoms with Crippen LogP contribution < -0.4 is 0 Å². The SMILES string of the molecule is CC1(C)c2ccccc2-c2cc3c(-c4cccc(-c5ccccc5)c4)cc(-c4cccc(-c5nc(-c6ccccc6)nc(-c6cccc(-c7ccccc7)c6)n5)c4)nc3cc21.CC1(C)c2ccccc2-c2cc3c(-c4cccc5ccccc45)cc(-c4cccc(-c5nc(-c6ccccc6)nc(-c6cccc(-c7ccccc7)c6)n5)c4)nc3cc21. The lowest BCUT2D eigenvalue weighted by Gasteiger charge is -2.22. The van der Waals surface area contributed by atoms with Crippen LogP contribution in [0.5, 0.6) is 0 Å². The molecule has 2 aliphatic carbocycles. The van der Waals surface area contributed by atoms with E-state index in [0.717, 1.165) is 117 Å². The second-order valence-corrected chi connectivity index (χ2v) is 32.2. The van der Waals surface area contributed by atoms with E-state index in [1.165, 1.54) is 72.0 Å². The van der Waals surface area contributed by atoms with Crippen LogP contribution in [0.15, 0.2) is 400 Å². The van der Waals surface area contributed by atoms with Crippen LogP contribution in [0, 0.1) is 0 Å². The van der Waals surface area contributed by atoms with Crippen molar-refractivity contribution in [2.75, 3.05) is 0 Å². The molecule has 0 amide bonds. The van der Waals surface area contributed by atoms with Crippen LogP contribution in [-0.4, -0.2) is 39.9 Å². The maximum Gasteiger partial charge on any atom is 0.164 e. The minimum atomic E-state index is -0.154. The van der Waals surface area contributed by atoms with Crippen molar-refractivity contribution >= 4 is 32.6 Å². The minimum Gasteiger partial charge on any atom is -0.248 e. The van der Waals surface area contributed by atoms with Crippen molar-refractivity contribution < 1.29 is 0 Å². The molecule has 22 rings (SSSR count). The van der Waals surface area contributed by atoms with Gasteiger partial charge in [0.05, 0.1) is 22.4 Å². The van der Waals surface area contributed by atoms with E-state index < -0.39 is 0 Å². The first-order chi connectivity index (χ1) is 58.9. The fraction of sp³-hybridized carbons (Fsp3) is 0.0536. The van der Waals surface area contributed by atoms with Crippen molar-refractivity contribution in [3.05, 3.63) is 423 Å². The number of aromatic nitrogens is 8. The Balaban J connectivity index is 0.000000149. The van der Waals surface area contributed by atoms with Gasteiger partial charge in [0.2, 0.25) is 0 Å². The quantitative estimate of drug-likeness (QED) is 0.112. The molecule has 0 fully saturated rings. The molecule has 0 unspecified atom stereocenters. The Morgan fingerprint density at radius 2 is 0.442 bits per heavy atom. The predicted octanol–water partition coefficient (Wildman–Crippen LogP) is 28.3. The third-order valence-corrected chi connectivity index (χ3v) is 24.0. The van der Waals surface area contributed by atoms with Gasteiger partial charge in [-0.3, -0.25) is 0 Å². The highest BCUT2D eigenvalue weighted by molar-refractivity contribution is 6.08. The Bertz CT molecular complexity index is 7380. The number of nitrogens with zero attached hydrogens (tertiary/aromatic N) is 8. The van der Waals surface area contributed by atoms with E-state index in [1.807, 2.05) is 72.8 Å². The minimum absolute atomic E-state index is 0.148. The second-order valence-electron chi connectivity index (χ2n) is 32.2. The zero-order valence-corrected chi connectivity index (χ0v) is 66.7. The molecule has 20 aromatic rings. The molecule has 2 aliphatic rings. The molecular formula is C112H78N8. The average Bonchev–Trinajstić information content (AvgIpc) is 1.56. The number of hydrogen-bond donors (Lipinski definition) is 0. The number of pyridine rings is 2. The highest BCUT2D eigenvalue weighted by Gasteiger charge is 2.38. The lowest BCUT2D eigenvalue weighted by atomic mass is 9.82. The zero-order valence-electron chi connectivity index (χ0n) is 66.7. The van der Waals surface area contributed by atoms with Gasteiger partial charge in [0.1, 0.15) is 0 Å². The maximum absolute atomic E-state index is 5.47. The Morgan fingerprint density at radius 3 is 0.867 bits per heavy atom. The number of hydrogen-bond acceptors (Lipinski definition) is 8. The van der Waals surface area contributed by atoms with Crippen molar-refractivity contribution in [3.8, 4) is 169 Å². The van der Waals surface area contributed by atoms with Crippen LogP contribution in [0.4, 0.5) is 0 Å². The highest BCUT2D eigenvalue weighted by atomic mass is 15.0. The van der Waals surface area contributed by atoms with E-state index >= 15 is 0 Å². The Labute approximate surface area is 697 Å². The normalized spacial score (nSPS) is 12.6. The summed E-state index contributed by atoms with van der Waals surface area (Å²) >= 11 is 0. The molecule has 0 bridgehead atoms.